The van der Waals surface area contributed by atoms with E-state index in [-0.39, 0.29) is 11.1 Å². The maximum Gasteiger partial charge on any atom is 0.261 e. The number of hydrogen-bond acceptors (Lipinski definition) is 1. The van der Waals surface area contributed by atoms with E-state index >= 15 is 0 Å². The summed E-state index contributed by atoms with van der Waals surface area (Å²) in [4.78, 5) is 0. The molecule has 1 atom stereocenters. The van der Waals surface area contributed by atoms with Gasteiger partial charge in [0.15, 0.2) is 0 Å². The standard InChI is InChI=1S/C24H34OSi/c1-6-7-8-11-16-21(2)25-26(24(3,4)5,22-17-12-9-13-18-22)23-19-14-10-15-20-23/h6,9-10,12-15,17-21H,1,7-8,11,16H2,2-5H3/t21-/m0/s1. The number of allylic oxidation sites excluding steroid dienone is 1. The zero-order chi connectivity index (χ0) is 19.0. The zero-order valence-corrected chi connectivity index (χ0v) is 17.9. The van der Waals surface area contributed by atoms with Gasteiger partial charge in [-0.05, 0) is 41.6 Å². The van der Waals surface area contributed by atoms with Gasteiger partial charge in [-0.1, -0.05) is 93.9 Å². The fraction of sp³-hybridized carbons (Fsp3) is 0.417. The Balaban J connectivity index is 2.42. The molecule has 0 amide bonds. The molecule has 0 saturated heterocycles. The van der Waals surface area contributed by atoms with E-state index < -0.39 is 8.32 Å². The minimum atomic E-state index is -2.40. The van der Waals surface area contributed by atoms with Crippen molar-refractivity contribution in [3.8, 4) is 0 Å². The largest absolute Gasteiger partial charge is 0.405 e. The maximum absolute atomic E-state index is 7.07. The van der Waals surface area contributed by atoms with Gasteiger partial charge in [0.1, 0.15) is 0 Å². The lowest BCUT2D eigenvalue weighted by Crippen LogP contribution is -2.67. The first-order valence-corrected chi connectivity index (χ1v) is 11.7. The summed E-state index contributed by atoms with van der Waals surface area (Å²) in [7, 11) is -2.40. The zero-order valence-electron chi connectivity index (χ0n) is 16.9. The highest BCUT2D eigenvalue weighted by Gasteiger charge is 2.50. The fourth-order valence-electron chi connectivity index (χ4n) is 3.77. The highest BCUT2D eigenvalue weighted by Crippen LogP contribution is 2.37. The van der Waals surface area contributed by atoms with Crippen molar-refractivity contribution < 1.29 is 4.43 Å². The maximum atomic E-state index is 7.07. The summed E-state index contributed by atoms with van der Waals surface area (Å²) in [6.07, 6.45) is 6.81. The van der Waals surface area contributed by atoms with Gasteiger partial charge >= 0.3 is 0 Å². The highest BCUT2D eigenvalue weighted by molar-refractivity contribution is 6.99. The van der Waals surface area contributed by atoms with Crippen molar-refractivity contribution in [2.24, 2.45) is 0 Å². The molecule has 2 aromatic carbocycles. The second-order valence-electron chi connectivity index (χ2n) is 8.16. The monoisotopic (exact) mass is 366 g/mol. The minimum absolute atomic E-state index is 0.0467. The lowest BCUT2D eigenvalue weighted by molar-refractivity contribution is 0.192. The molecule has 140 valence electrons. The van der Waals surface area contributed by atoms with Crippen LogP contribution in [0.25, 0.3) is 0 Å². The Morgan fingerprint density at radius 3 is 1.85 bits per heavy atom. The molecule has 0 bridgehead atoms. The molecule has 1 nitrogen and oxygen atoms in total. The Bertz CT molecular complexity index is 618. The Kier molecular flexibility index (Phi) is 7.42. The first-order valence-electron chi connectivity index (χ1n) is 9.81. The van der Waals surface area contributed by atoms with Crippen molar-refractivity contribution in [3.05, 3.63) is 73.3 Å². The predicted molar refractivity (Wildman–Crippen MR) is 117 cm³/mol. The average molecular weight is 367 g/mol. The van der Waals surface area contributed by atoms with Crippen LogP contribution in [-0.2, 0) is 4.43 Å². The molecule has 0 spiro atoms. The third-order valence-electron chi connectivity index (χ3n) is 5.06. The molecule has 0 fully saturated rings. The number of benzene rings is 2. The van der Waals surface area contributed by atoms with Gasteiger partial charge in [0.2, 0.25) is 0 Å². The van der Waals surface area contributed by atoms with Crippen LogP contribution in [0, 0.1) is 0 Å². The fourth-order valence-corrected chi connectivity index (χ4v) is 8.51. The third-order valence-corrected chi connectivity index (χ3v) is 10.2. The molecule has 0 radical (unpaired) electrons. The van der Waals surface area contributed by atoms with E-state index in [2.05, 4.69) is 94.9 Å². The van der Waals surface area contributed by atoms with Crippen molar-refractivity contribution >= 4 is 18.7 Å². The Labute approximate surface area is 161 Å². The third kappa shape index (κ3) is 4.75. The molecule has 2 rings (SSSR count). The van der Waals surface area contributed by atoms with Gasteiger partial charge in [-0.3, -0.25) is 0 Å². The van der Waals surface area contributed by atoms with Crippen LogP contribution in [0.15, 0.2) is 73.3 Å². The van der Waals surface area contributed by atoms with Crippen molar-refractivity contribution in [3.63, 3.8) is 0 Å². The first-order chi connectivity index (χ1) is 12.4. The van der Waals surface area contributed by atoms with Gasteiger partial charge in [-0.15, -0.1) is 6.58 Å². The van der Waals surface area contributed by atoms with E-state index in [1.165, 1.54) is 23.2 Å². The SMILES string of the molecule is C=CCCCC[C@H](C)O[Si](c1ccccc1)(c1ccccc1)C(C)(C)C. The number of hydrogen-bond donors (Lipinski definition) is 0. The first kappa shape index (κ1) is 20.7. The Hall–Kier alpha value is -1.64. The summed E-state index contributed by atoms with van der Waals surface area (Å²) in [5.74, 6) is 0. The molecule has 0 N–H and O–H groups in total. The van der Waals surface area contributed by atoms with E-state index in [1.807, 2.05) is 6.08 Å². The Morgan fingerprint density at radius 1 is 0.923 bits per heavy atom. The minimum Gasteiger partial charge on any atom is -0.405 e. The number of unbranched alkanes of at least 4 members (excludes halogenated alkanes) is 2. The molecule has 0 aliphatic rings. The van der Waals surface area contributed by atoms with Crippen molar-refractivity contribution in [1.82, 2.24) is 0 Å². The lowest BCUT2D eigenvalue weighted by Gasteiger charge is -2.44. The van der Waals surface area contributed by atoms with Crippen LogP contribution in [0.2, 0.25) is 5.04 Å². The average Bonchev–Trinajstić information content (AvgIpc) is 2.64. The molecule has 0 aliphatic heterocycles. The van der Waals surface area contributed by atoms with Gasteiger partial charge in [0.05, 0.1) is 0 Å². The van der Waals surface area contributed by atoms with E-state index in [0.717, 1.165) is 12.8 Å². The molecular formula is C24H34OSi. The van der Waals surface area contributed by atoms with Gasteiger partial charge in [0, 0.05) is 6.10 Å². The van der Waals surface area contributed by atoms with Crippen LogP contribution in [0.1, 0.15) is 53.4 Å². The van der Waals surface area contributed by atoms with Crippen molar-refractivity contribution in [2.45, 2.75) is 64.5 Å². The molecule has 2 aromatic rings. The van der Waals surface area contributed by atoms with E-state index in [4.69, 9.17) is 4.43 Å². The molecule has 0 saturated carbocycles. The molecule has 2 heteroatoms. The van der Waals surface area contributed by atoms with Crippen molar-refractivity contribution in [1.29, 1.82) is 0 Å². The van der Waals surface area contributed by atoms with E-state index in [0.29, 0.717) is 0 Å². The predicted octanol–water partition coefficient (Wildman–Crippen LogP) is 5.70. The van der Waals surface area contributed by atoms with Crippen molar-refractivity contribution in [2.75, 3.05) is 0 Å². The van der Waals surface area contributed by atoms with Crippen LogP contribution in [-0.4, -0.2) is 14.4 Å². The van der Waals surface area contributed by atoms with Crippen LogP contribution >= 0.6 is 0 Å². The highest BCUT2D eigenvalue weighted by atomic mass is 28.4. The van der Waals surface area contributed by atoms with E-state index in [9.17, 15) is 0 Å². The van der Waals surface area contributed by atoms with Crippen LogP contribution in [0.3, 0.4) is 0 Å². The number of rotatable bonds is 9. The van der Waals surface area contributed by atoms with Crippen LogP contribution in [0.5, 0.6) is 0 Å². The Morgan fingerprint density at radius 2 is 1.42 bits per heavy atom. The molecule has 0 aliphatic carbocycles. The van der Waals surface area contributed by atoms with Gasteiger partial charge in [0.25, 0.3) is 8.32 Å². The molecule has 0 aromatic heterocycles. The summed E-state index contributed by atoms with van der Waals surface area (Å²) in [5.41, 5.74) is 0. The summed E-state index contributed by atoms with van der Waals surface area (Å²) in [6, 6.07) is 21.8. The van der Waals surface area contributed by atoms with Crippen LogP contribution < -0.4 is 10.4 Å². The molecule has 0 heterocycles. The molecular weight excluding hydrogens is 332 g/mol. The summed E-state index contributed by atoms with van der Waals surface area (Å²) in [5, 5.41) is 2.76. The normalized spacial score (nSPS) is 13.4. The summed E-state index contributed by atoms with van der Waals surface area (Å²) >= 11 is 0. The van der Waals surface area contributed by atoms with Gasteiger partial charge in [-0.25, -0.2) is 0 Å². The smallest absolute Gasteiger partial charge is 0.261 e. The summed E-state index contributed by atoms with van der Waals surface area (Å²) in [6.45, 7) is 13.1. The van der Waals surface area contributed by atoms with Crippen LogP contribution in [0.4, 0.5) is 0 Å². The lowest BCUT2D eigenvalue weighted by atomic mass is 10.1. The van der Waals surface area contributed by atoms with Gasteiger partial charge in [-0.2, -0.15) is 0 Å². The van der Waals surface area contributed by atoms with E-state index in [1.54, 1.807) is 0 Å². The topological polar surface area (TPSA) is 9.23 Å². The molecule has 26 heavy (non-hydrogen) atoms. The van der Waals surface area contributed by atoms with Gasteiger partial charge < -0.3 is 4.43 Å². The molecule has 0 unspecified atom stereocenters. The second kappa shape index (κ2) is 9.34. The quantitative estimate of drug-likeness (QED) is 0.314. The summed E-state index contributed by atoms with van der Waals surface area (Å²) < 4.78 is 7.07. The second-order valence-corrected chi connectivity index (χ2v) is 12.4.